The van der Waals surface area contributed by atoms with E-state index in [9.17, 15) is 13.2 Å². The van der Waals surface area contributed by atoms with Gasteiger partial charge in [0.25, 0.3) is 0 Å². The van der Waals surface area contributed by atoms with Gasteiger partial charge in [-0.1, -0.05) is 24.0 Å². The van der Waals surface area contributed by atoms with Gasteiger partial charge in [-0.15, -0.1) is 0 Å². The van der Waals surface area contributed by atoms with E-state index in [2.05, 4.69) is 37.8 Å². The smallest absolute Gasteiger partial charge is 0.229 e. The van der Waals surface area contributed by atoms with Crippen molar-refractivity contribution in [3.8, 4) is 23.1 Å². The van der Waals surface area contributed by atoms with Crippen LogP contribution in [-0.2, 0) is 10.0 Å². The van der Waals surface area contributed by atoms with Crippen molar-refractivity contribution in [3.05, 3.63) is 89.7 Å². The van der Waals surface area contributed by atoms with Crippen LogP contribution in [0.2, 0.25) is 0 Å². The number of rotatable bonds is 4. The molecule has 0 radical (unpaired) electrons. The molecule has 4 aromatic rings. The summed E-state index contributed by atoms with van der Waals surface area (Å²) in [4.78, 5) is 20.1. The number of fused-ring (bicyclic) bond motifs is 1. The number of anilines is 1. The zero-order valence-corrected chi connectivity index (χ0v) is 19.4. The Balaban J connectivity index is 0.00000103. The lowest BCUT2D eigenvalue weighted by atomic mass is 10.0. The van der Waals surface area contributed by atoms with Gasteiger partial charge in [0.05, 0.1) is 17.5 Å². The van der Waals surface area contributed by atoms with E-state index >= 15 is 0 Å². The van der Waals surface area contributed by atoms with E-state index in [1.54, 1.807) is 55.8 Å². The molecule has 0 aliphatic rings. The van der Waals surface area contributed by atoms with E-state index in [-0.39, 0.29) is 0 Å². The second-order valence-electron chi connectivity index (χ2n) is 7.18. The summed E-state index contributed by atoms with van der Waals surface area (Å²) in [6, 6.07) is 18.0. The van der Waals surface area contributed by atoms with Crippen molar-refractivity contribution in [2.75, 3.05) is 18.0 Å². The maximum absolute atomic E-state index is 11.5. The molecule has 0 aliphatic carbocycles. The van der Waals surface area contributed by atoms with Crippen molar-refractivity contribution in [3.63, 3.8) is 0 Å². The minimum atomic E-state index is -3.30. The van der Waals surface area contributed by atoms with Gasteiger partial charge in [-0.3, -0.25) is 25.8 Å². The number of hydrazine groups is 1. The standard InChI is InChI=1S/C24H17N3O3S.CH6N2/c1-31(29,30)27-21-10-6-18(7-11-21)3-2-17-4-8-19(9-5-17)24-14-20(16-28)22-15-25-13-12-23(22)26-24;1-3-2/h4-16,27H,1H3;3H,2H2,1H3. The summed E-state index contributed by atoms with van der Waals surface area (Å²) in [6.07, 6.45) is 5.20. The molecule has 4 rings (SSSR count). The van der Waals surface area contributed by atoms with E-state index in [0.29, 0.717) is 22.5 Å². The zero-order chi connectivity index (χ0) is 24.6. The highest BCUT2D eigenvalue weighted by Gasteiger charge is 2.07. The second kappa shape index (κ2) is 11.2. The lowest BCUT2D eigenvalue weighted by molar-refractivity contribution is 0.112. The Hall–Kier alpha value is -4.10. The third-order valence-corrected chi connectivity index (χ3v) is 5.10. The molecule has 0 saturated carbocycles. The highest BCUT2D eigenvalue weighted by atomic mass is 32.2. The number of nitrogens with one attached hydrogen (secondary N) is 2. The number of nitrogens with zero attached hydrogens (tertiary/aromatic N) is 2. The normalized spacial score (nSPS) is 10.4. The Labute approximate surface area is 198 Å². The van der Waals surface area contributed by atoms with Gasteiger partial charge in [0, 0.05) is 45.7 Å². The Morgan fingerprint density at radius 3 is 2.12 bits per heavy atom. The minimum Gasteiger partial charge on any atom is -0.298 e. The Morgan fingerprint density at radius 2 is 1.56 bits per heavy atom. The first-order chi connectivity index (χ1) is 16.3. The summed E-state index contributed by atoms with van der Waals surface area (Å²) >= 11 is 0. The molecule has 0 spiro atoms. The fourth-order valence-electron chi connectivity index (χ4n) is 3.04. The third kappa shape index (κ3) is 6.70. The molecule has 2 aromatic carbocycles. The molecular formula is C25H23N5O3S. The fourth-order valence-corrected chi connectivity index (χ4v) is 3.61. The maximum atomic E-state index is 11.5. The van der Waals surface area contributed by atoms with Crippen LogP contribution in [0.1, 0.15) is 21.5 Å². The average Bonchev–Trinajstić information content (AvgIpc) is 2.83. The summed E-state index contributed by atoms with van der Waals surface area (Å²) in [7, 11) is -1.65. The predicted octanol–water partition coefficient (Wildman–Crippen LogP) is 2.96. The fraction of sp³-hybridized carbons (Fsp3) is 0.0800. The summed E-state index contributed by atoms with van der Waals surface area (Å²) in [6.45, 7) is 0. The Kier molecular flexibility index (Phi) is 8.05. The molecule has 0 aliphatic heterocycles. The molecule has 0 amide bonds. The molecule has 4 N–H and O–H groups in total. The number of carbonyl (C=O) groups excluding carboxylic acids is 1. The van der Waals surface area contributed by atoms with E-state index < -0.39 is 10.0 Å². The second-order valence-corrected chi connectivity index (χ2v) is 8.92. The van der Waals surface area contributed by atoms with E-state index in [0.717, 1.165) is 34.6 Å². The van der Waals surface area contributed by atoms with Crippen molar-refractivity contribution in [1.29, 1.82) is 0 Å². The van der Waals surface area contributed by atoms with Gasteiger partial charge in [-0.05, 0) is 55.6 Å². The number of carbonyl (C=O) groups is 1. The van der Waals surface area contributed by atoms with Crippen molar-refractivity contribution in [2.45, 2.75) is 0 Å². The van der Waals surface area contributed by atoms with Crippen LogP contribution in [0.5, 0.6) is 0 Å². The predicted molar refractivity (Wildman–Crippen MR) is 134 cm³/mol. The van der Waals surface area contributed by atoms with Gasteiger partial charge in [-0.2, -0.15) is 0 Å². The lowest BCUT2D eigenvalue weighted by Gasteiger charge is -2.06. The van der Waals surface area contributed by atoms with Crippen LogP contribution < -0.4 is 16.0 Å². The third-order valence-electron chi connectivity index (χ3n) is 4.49. The van der Waals surface area contributed by atoms with Crippen LogP contribution in [0.15, 0.2) is 73.1 Å². The first-order valence-corrected chi connectivity index (χ1v) is 12.0. The van der Waals surface area contributed by atoms with E-state index in [4.69, 9.17) is 0 Å². The molecule has 2 aromatic heterocycles. The van der Waals surface area contributed by atoms with Crippen molar-refractivity contribution in [2.24, 2.45) is 5.84 Å². The largest absolute Gasteiger partial charge is 0.298 e. The molecule has 34 heavy (non-hydrogen) atoms. The van der Waals surface area contributed by atoms with Gasteiger partial charge in [0.1, 0.15) is 0 Å². The molecule has 0 saturated heterocycles. The number of hydrogen-bond acceptors (Lipinski definition) is 7. The number of sulfonamides is 1. The van der Waals surface area contributed by atoms with Crippen LogP contribution in [0.3, 0.4) is 0 Å². The molecular weight excluding hydrogens is 450 g/mol. The van der Waals surface area contributed by atoms with Gasteiger partial charge < -0.3 is 0 Å². The lowest BCUT2D eigenvalue weighted by Crippen LogP contribution is -2.13. The summed E-state index contributed by atoms with van der Waals surface area (Å²) < 4.78 is 24.9. The van der Waals surface area contributed by atoms with Crippen LogP contribution >= 0.6 is 0 Å². The first kappa shape index (κ1) is 24.5. The monoisotopic (exact) mass is 473 g/mol. The summed E-state index contributed by atoms with van der Waals surface area (Å²) in [5, 5.41) is 0.724. The minimum absolute atomic E-state index is 0.491. The molecule has 2 heterocycles. The quantitative estimate of drug-likeness (QED) is 0.180. The van der Waals surface area contributed by atoms with Crippen LogP contribution in [0.25, 0.3) is 22.2 Å². The Morgan fingerprint density at radius 1 is 0.971 bits per heavy atom. The molecule has 0 atom stereocenters. The van der Waals surface area contributed by atoms with Crippen LogP contribution in [0.4, 0.5) is 5.69 Å². The first-order valence-electron chi connectivity index (χ1n) is 10.1. The van der Waals surface area contributed by atoms with Gasteiger partial charge >= 0.3 is 0 Å². The SMILES string of the molecule is CNN.CS(=O)(=O)Nc1ccc(C#Cc2ccc(-c3cc(C=O)c4cnccc4n3)cc2)cc1. The zero-order valence-electron chi connectivity index (χ0n) is 18.6. The van der Waals surface area contributed by atoms with Crippen molar-refractivity contribution in [1.82, 2.24) is 15.4 Å². The number of benzene rings is 2. The highest BCUT2D eigenvalue weighted by molar-refractivity contribution is 7.92. The van der Waals surface area contributed by atoms with E-state index in [1.807, 2.05) is 24.3 Å². The maximum Gasteiger partial charge on any atom is 0.229 e. The number of pyridine rings is 2. The van der Waals surface area contributed by atoms with Crippen LogP contribution in [-0.4, -0.2) is 38.0 Å². The molecule has 172 valence electrons. The van der Waals surface area contributed by atoms with E-state index in [1.165, 1.54) is 0 Å². The summed E-state index contributed by atoms with van der Waals surface area (Å²) in [5.41, 5.74) is 7.17. The molecule has 8 nitrogen and oxygen atoms in total. The van der Waals surface area contributed by atoms with Gasteiger partial charge in [0.2, 0.25) is 10.0 Å². The number of aldehydes is 1. The van der Waals surface area contributed by atoms with Gasteiger partial charge in [-0.25, -0.2) is 13.4 Å². The highest BCUT2D eigenvalue weighted by Crippen LogP contribution is 2.23. The Bertz CT molecular complexity index is 1460. The summed E-state index contributed by atoms with van der Waals surface area (Å²) in [5.74, 6) is 10.7. The van der Waals surface area contributed by atoms with Gasteiger partial charge in [0.15, 0.2) is 6.29 Å². The van der Waals surface area contributed by atoms with Crippen molar-refractivity contribution >= 4 is 32.9 Å². The number of nitrogens with two attached hydrogens (primary N) is 1. The topological polar surface area (TPSA) is 127 Å². The van der Waals surface area contributed by atoms with Crippen molar-refractivity contribution < 1.29 is 13.2 Å². The number of aromatic nitrogens is 2. The molecule has 0 bridgehead atoms. The molecule has 9 heteroatoms. The molecule has 0 fully saturated rings. The van der Waals surface area contributed by atoms with Crippen LogP contribution in [0, 0.1) is 11.8 Å². The molecule has 0 unspecified atom stereocenters. The number of hydrogen-bond donors (Lipinski definition) is 3. The average molecular weight is 474 g/mol.